The SMILES string of the molecule is COc1ccc(F)cc1[C@H]1CCOC(=O)N1. The Morgan fingerprint density at radius 3 is 3.06 bits per heavy atom. The van der Waals surface area contributed by atoms with Crippen molar-refractivity contribution < 1.29 is 18.7 Å². The minimum Gasteiger partial charge on any atom is -0.496 e. The number of rotatable bonds is 2. The number of ether oxygens (including phenoxy) is 2. The van der Waals surface area contributed by atoms with Crippen molar-refractivity contribution in [2.45, 2.75) is 12.5 Å². The van der Waals surface area contributed by atoms with Crippen molar-refractivity contribution in [2.24, 2.45) is 0 Å². The van der Waals surface area contributed by atoms with Gasteiger partial charge in [-0.15, -0.1) is 0 Å². The Hall–Kier alpha value is -1.78. The zero-order valence-electron chi connectivity index (χ0n) is 8.83. The monoisotopic (exact) mass is 225 g/mol. The third-order valence-corrected chi connectivity index (χ3v) is 2.50. The highest BCUT2D eigenvalue weighted by Gasteiger charge is 2.23. The van der Waals surface area contributed by atoms with Crippen LogP contribution in [0.2, 0.25) is 0 Å². The lowest BCUT2D eigenvalue weighted by molar-refractivity contribution is 0.115. The molecule has 1 atom stereocenters. The van der Waals surface area contributed by atoms with Crippen molar-refractivity contribution in [3.63, 3.8) is 0 Å². The predicted molar refractivity (Wildman–Crippen MR) is 54.8 cm³/mol. The largest absolute Gasteiger partial charge is 0.496 e. The van der Waals surface area contributed by atoms with Crippen LogP contribution in [0.5, 0.6) is 5.75 Å². The van der Waals surface area contributed by atoms with E-state index >= 15 is 0 Å². The van der Waals surface area contributed by atoms with E-state index in [4.69, 9.17) is 9.47 Å². The normalized spacial score (nSPS) is 19.9. The minimum atomic E-state index is -0.484. The van der Waals surface area contributed by atoms with Crippen LogP contribution in [0.1, 0.15) is 18.0 Å². The van der Waals surface area contributed by atoms with Gasteiger partial charge >= 0.3 is 6.09 Å². The molecule has 1 amide bonds. The van der Waals surface area contributed by atoms with E-state index in [2.05, 4.69) is 5.32 Å². The van der Waals surface area contributed by atoms with E-state index in [-0.39, 0.29) is 11.9 Å². The first-order valence-electron chi connectivity index (χ1n) is 4.97. The third kappa shape index (κ3) is 2.08. The van der Waals surface area contributed by atoms with Crippen LogP contribution < -0.4 is 10.1 Å². The van der Waals surface area contributed by atoms with E-state index in [1.54, 1.807) is 6.07 Å². The maximum atomic E-state index is 13.1. The van der Waals surface area contributed by atoms with Gasteiger partial charge in [0.1, 0.15) is 11.6 Å². The van der Waals surface area contributed by atoms with Crippen LogP contribution in [0.4, 0.5) is 9.18 Å². The van der Waals surface area contributed by atoms with Gasteiger partial charge in [-0.1, -0.05) is 0 Å². The lowest BCUT2D eigenvalue weighted by atomic mass is 10.0. The van der Waals surface area contributed by atoms with Crippen LogP contribution in [-0.2, 0) is 4.74 Å². The van der Waals surface area contributed by atoms with Gasteiger partial charge in [0.05, 0.1) is 19.8 Å². The summed E-state index contributed by atoms with van der Waals surface area (Å²) in [4.78, 5) is 11.1. The molecule has 2 rings (SSSR count). The maximum Gasteiger partial charge on any atom is 0.407 e. The second-order valence-electron chi connectivity index (χ2n) is 3.51. The fourth-order valence-electron chi connectivity index (χ4n) is 1.74. The second-order valence-corrected chi connectivity index (χ2v) is 3.51. The van der Waals surface area contributed by atoms with E-state index in [0.29, 0.717) is 24.3 Å². The van der Waals surface area contributed by atoms with Crippen molar-refractivity contribution >= 4 is 6.09 Å². The first-order chi connectivity index (χ1) is 7.70. The Balaban J connectivity index is 2.30. The quantitative estimate of drug-likeness (QED) is 0.837. The van der Waals surface area contributed by atoms with Gasteiger partial charge in [-0.2, -0.15) is 0 Å². The molecule has 86 valence electrons. The van der Waals surface area contributed by atoms with E-state index in [0.717, 1.165) is 0 Å². The molecule has 0 saturated carbocycles. The van der Waals surface area contributed by atoms with Crippen LogP contribution >= 0.6 is 0 Å². The van der Waals surface area contributed by atoms with Gasteiger partial charge in [0.2, 0.25) is 0 Å². The number of benzene rings is 1. The molecule has 1 aromatic carbocycles. The van der Waals surface area contributed by atoms with E-state index in [1.807, 2.05) is 0 Å². The van der Waals surface area contributed by atoms with Gasteiger partial charge < -0.3 is 14.8 Å². The van der Waals surface area contributed by atoms with Gasteiger partial charge in [0, 0.05) is 12.0 Å². The van der Waals surface area contributed by atoms with Gasteiger partial charge in [-0.25, -0.2) is 9.18 Å². The van der Waals surface area contributed by atoms with Crippen LogP contribution in [0, 0.1) is 5.82 Å². The molecular weight excluding hydrogens is 213 g/mol. The maximum absolute atomic E-state index is 13.1. The topological polar surface area (TPSA) is 47.6 Å². The van der Waals surface area contributed by atoms with Crippen molar-refractivity contribution in [3.05, 3.63) is 29.6 Å². The Bertz CT molecular complexity index is 408. The number of amides is 1. The van der Waals surface area contributed by atoms with E-state index in [1.165, 1.54) is 19.2 Å². The molecule has 1 N–H and O–H groups in total. The highest BCUT2D eigenvalue weighted by molar-refractivity contribution is 5.69. The van der Waals surface area contributed by atoms with E-state index in [9.17, 15) is 9.18 Å². The number of hydrogen-bond donors (Lipinski definition) is 1. The van der Waals surface area contributed by atoms with Gasteiger partial charge in [0.15, 0.2) is 0 Å². The molecule has 0 unspecified atom stereocenters. The molecule has 1 fully saturated rings. The number of cyclic esters (lactones) is 1. The van der Waals surface area contributed by atoms with Crippen LogP contribution in [0.3, 0.4) is 0 Å². The molecule has 1 aliphatic rings. The Morgan fingerprint density at radius 1 is 1.56 bits per heavy atom. The second kappa shape index (κ2) is 4.38. The number of nitrogens with one attached hydrogen (secondary N) is 1. The first-order valence-corrected chi connectivity index (χ1v) is 4.97. The number of halogens is 1. The summed E-state index contributed by atoms with van der Waals surface area (Å²) >= 11 is 0. The Morgan fingerprint density at radius 2 is 2.38 bits per heavy atom. The molecule has 0 radical (unpaired) electrons. The molecule has 4 nitrogen and oxygen atoms in total. The fourth-order valence-corrected chi connectivity index (χ4v) is 1.74. The zero-order chi connectivity index (χ0) is 11.5. The average molecular weight is 225 g/mol. The van der Waals surface area contributed by atoms with Gasteiger partial charge in [-0.3, -0.25) is 0 Å². The number of carbonyl (C=O) groups excluding carboxylic acids is 1. The number of hydrogen-bond acceptors (Lipinski definition) is 3. The van der Waals surface area contributed by atoms with Crippen molar-refractivity contribution in [1.29, 1.82) is 0 Å². The standard InChI is InChI=1S/C11H12FNO3/c1-15-10-3-2-7(12)6-8(10)9-4-5-16-11(14)13-9/h2-3,6,9H,4-5H2,1H3,(H,13,14)/t9-/m1/s1. The van der Waals surface area contributed by atoms with Gasteiger partial charge in [0.25, 0.3) is 0 Å². The van der Waals surface area contributed by atoms with Crippen molar-refractivity contribution in [2.75, 3.05) is 13.7 Å². The fraction of sp³-hybridized carbons (Fsp3) is 0.364. The zero-order valence-corrected chi connectivity index (χ0v) is 8.83. The molecular formula is C11H12FNO3. The molecule has 0 spiro atoms. The summed E-state index contributed by atoms with van der Waals surface area (Å²) in [5, 5.41) is 2.63. The lowest BCUT2D eigenvalue weighted by Crippen LogP contribution is -2.35. The molecule has 16 heavy (non-hydrogen) atoms. The summed E-state index contributed by atoms with van der Waals surface area (Å²) in [6.07, 6.45) is 0.119. The minimum absolute atomic E-state index is 0.258. The number of methoxy groups -OCH3 is 1. The molecule has 0 bridgehead atoms. The molecule has 1 aliphatic heterocycles. The van der Waals surface area contributed by atoms with Crippen molar-refractivity contribution in [1.82, 2.24) is 5.32 Å². The Kier molecular flexibility index (Phi) is 2.94. The third-order valence-electron chi connectivity index (χ3n) is 2.50. The molecule has 1 heterocycles. The van der Waals surface area contributed by atoms with Gasteiger partial charge in [-0.05, 0) is 18.2 Å². The summed E-state index contributed by atoms with van der Waals surface area (Å²) < 4.78 is 23.0. The molecule has 1 aromatic rings. The molecule has 0 aliphatic carbocycles. The number of alkyl carbamates (subject to hydrolysis) is 1. The smallest absolute Gasteiger partial charge is 0.407 e. The summed E-state index contributed by atoms with van der Waals surface area (Å²) in [5.74, 6) is 0.213. The predicted octanol–water partition coefficient (Wildman–Crippen LogP) is 2.01. The van der Waals surface area contributed by atoms with Crippen LogP contribution in [0.15, 0.2) is 18.2 Å². The highest BCUT2D eigenvalue weighted by Crippen LogP contribution is 2.29. The number of carbonyl (C=O) groups is 1. The summed E-state index contributed by atoms with van der Waals surface area (Å²) in [5.41, 5.74) is 0.638. The molecule has 1 saturated heterocycles. The van der Waals surface area contributed by atoms with Crippen molar-refractivity contribution in [3.8, 4) is 5.75 Å². The first kappa shape index (κ1) is 10.7. The summed E-state index contributed by atoms with van der Waals surface area (Å²) in [7, 11) is 1.51. The average Bonchev–Trinajstić information content (AvgIpc) is 2.29. The highest BCUT2D eigenvalue weighted by atomic mass is 19.1. The lowest BCUT2D eigenvalue weighted by Gasteiger charge is -2.25. The molecule has 5 heteroatoms. The molecule has 0 aromatic heterocycles. The van der Waals surface area contributed by atoms with E-state index < -0.39 is 6.09 Å². The van der Waals surface area contributed by atoms with Crippen LogP contribution in [-0.4, -0.2) is 19.8 Å². The summed E-state index contributed by atoms with van der Waals surface area (Å²) in [6.45, 7) is 0.330. The Labute approximate surface area is 92.4 Å². The summed E-state index contributed by atoms with van der Waals surface area (Å²) in [6, 6.07) is 3.98. The van der Waals surface area contributed by atoms with Crippen LogP contribution in [0.25, 0.3) is 0 Å².